The summed E-state index contributed by atoms with van der Waals surface area (Å²) >= 11 is 0. The number of phenolic OH excluding ortho intramolecular Hbond substituents is 1. The first-order valence-corrected chi connectivity index (χ1v) is 7.80. The topological polar surface area (TPSA) is 95.6 Å². The number of nitrogens with zero attached hydrogens (tertiary/aromatic N) is 4. The molecule has 0 bridgehead atoms. The van der Waals surface area contributed by atoms with Crippen LogP contribution in [-0.4, -0.2) is 44.4 Å². The average Bonchev–Trinajstić information content (AvgIpc) is 2.59. The van der Waals surface area contributed by atoms with Crippen LogP contribution in [0, 0.1) is 19.3 Å². The molecule has 24 heavy (non-hydrogen) atoms. The Kier molecular flexibility index (Phi) is 4.49. The predicted octanol–water partition coefficient (Wildman–Crippen LogP) is 0.830. The fraction of sp³-hybridized carbons (Fsp3) is 0.353. The number of aromatic hydroxyl groups is 1. The zero-order valence-corrected chi connectivity index (χ0v) is 13.4. The molecule has 1 aliphatic rings. The first kappa shape index (κ1) is 16.0. The highest BCUT2D eigenvalue weighted by Crippen LogP contribution is 2.29. The molecule has 1 saturated heterocycles. The number of aromatic nitrogens is 3. The van der Waals surface area contributed by atoms with Crippen LogP contribution >= 0.6 is 0 Å². The number of benzene rings is 1. The van der Waals surface area contributed by atoms with Crippen LogP contribution in [-0.2, 0) is 0 Å². The zero-order chi connectivity index (χ0) is 17.1. The highest BCUT2D eigenvalue weighted by atomic mass is 16.5. The standard InChI is InChI=1S/C17H19N5O2/c1-3-12-6-7-14(15(23)9-12)16-11(2)19-17(22(24)21-16)20-13-5-4-8-18-10-13/h1,6-7,9,13,18,23-24H,4-5,8,10H2,2H3/t13-/m1/s1. The smallest absolute Gasteiger partial charge is 0.280 e. The van der Waals surface area contributed by atoms with E-state index in [1.165, 1.54) is 6.07 Å². The summed E-state index contributed by atoms with van der Waals surface area (Å²) in [6.45, 7) is 3.51. The van der Waals surface area contributed by atoms with Gasteiger partial charge in [-0.25, -0.2) is 9.98 Å². The van der Waals surface area contributed by atoms with Crippen LogP contribution in [0.3, 0.4) is 0 Å². The molecule has 2 aromatic rings. The second-order valence-electron chi connectivity index (χ2n) is 5.74. The fourth-order valence-corrected chi connectivity index (χ4v) is 2.72. The van der Waals surface area contributed by atoms with Crippen molar-refractivity contribution in [1.29, 1.82) is 0 Å². The minimum Gasteiger partial charge on any atom is -0.507 e. The normalized spacial score (nSPS) is 18.3. The molecule has 1 atom stereocenters. The van der Waals surface area contributed by atoms with Crippen molar-refractivity contribution in [2.75, 3.05) is 13.1 Å². The van der Waals surface area contributed by atoms with Crippen LogP contribution in [0.5, 0.6) is 5.75 Å². The van der Waals surface area contributed by atoms with Gasteiger partial charge in [0.05, 0.1) is 11.7 Å². The van der Waals surface area contributed by atoms with Crippen molar-refractivity contribution in [3.63, 3.8) is 0 Å². The molecule has 1 aromatic carbocycles. The molecule has 2 heterocycles. The van der Waals surface area contributed by atoms with Crippen LogP contribution < -0.4 is 10.9 Å². The third kappa shape index (κ3) is 3.24. The first-order chi connectivity index (χ1) is 11.6. The van der Waals surface area contributed by atoms with Gasteiger partial charge in [0, 0.05) is 17.7 Å². The lowest BCUT2D eigenvalue weighted by atomic mass is 10.1. The Balaban J connectivity index is 2.01. The predicted molar refractivity (Wildman–Crippen MR) is 88.4 cm³/mol. The molecule has 0 spiro atoms. The number of terminal acetylenes is 1. The number of rotatable bonds is 2. The molecule has 1 aliphatic heterocycles. The van der Waals surface area contributed by atoms with Crippen molar-refractivity contribution < 1.29 is 10.3 Å². The number of hydrogen-bond acceptors (Lipinski definition) is 6. The van der Waals surface area contributed by atoms with Gasteiger partial charge in [-0.2, -0.15) is 0 Å². The van der Waals surface area contributed by atoms with Gasteiger partial charge in [0.15, 0.2) is 0 Å². The van der Waals surface area contributed by atoms with E-state index in [1.807, 2.05) is 0 Å². The summed E-state index contributed by atoms with van der Waals surface area (Å²) in [6, 6.07) is 4.90. The van der Waals surface area contributed by atoms with E-state index in [1.54, 1.807) is 19.1 Å². The van der Waals surface area contributed by atoms with Gasteiger partial charge in [0.1, 0.15) is 11.4 Å². The second kappa shape index (κ2) is 6.72. The number of hydrogen-bond donors (Lipinski definition) is 3. The Hall–Kier alpha value is -2.85. The van der Waals surface area contributed by atoms with Gasteiger partial charge in [-0.05, 0) is 44.5 Å². The Morgan fingerprint density at radius 3 is 2.96 bits per heavy atom. The maximum atomic E-state index is 10.1. The quantitative estimate of drug-likeness (QED) is 0.561. The molecular formula is C17H19N5O2. The summed E-state index contributed by atoms with van der Waals surface area (Å²) in [5, 5.41) is 27.6. The third-order valence-corrected chi connectivity index (χ3v) is 3.97. The average molecular weight is 325 g/mol. The van der Waals surface area contributed by atoms with E-state index in [9.17, 15) is 10.3 Å². The monoisotopic (exact) mass is 325 g/mol. The SMILES string of the molecule is C#Cc1ccc(-c2nn(O)c(=N[C@@H]3CCCNC3)nc2C)c(O)c1. The van der Waals surface area contributed by atoms with E-state index < -0.39 is 0 Å². The van der Waals surface area contributed by atoms with Crippen molar-refractivity contribution in [2.45, 2.75) is 25.8 Å². The molecule has 0 saturated carbocycles. The van der Waals surface area contributed by atoms with Crippen molar-refractivity contribution in [2.24, 2.45) is 4.99 Å². The molecule has 7 heteroatoms. The fourth-order valence-electron chi connectivity index (χ4n) is 2.72. The van der Waals surface area contributed by atoms with E-state index in [-0.39, 0.29) is 17.4 Å². The minimum absolute atomic E-state index is 0.0102. The second-order valence-corrected chi connectivity index (χ2v) is 5.74. The van der Waals surface area contributed by atoms with Crippen molar-refractivity contribution in [3.8, 4) is 29.4 Å². The van der Waals surface area contributed by atoms with Gasteiger partial charge < -0.3 is 15.6 Å². The molecule has 1 aromatic heterocycles. The minimum atomic E-state index is -0.0102. The lowest BCUT2D eigenvalue weighted by molar-refractivity contribution is 0.125. The lowest BCUT2D eigenvalue weighted by Gasteiger charge is -2.18. The Morgan fingerprint density at radius 1 is 1.46 bits per heavy atom. The molecular weight excluding hydrogens is 306 g/mol. The maximum Gasteiger partial charge on any atom is 0.280 e. The van der Waals surface area contributed by atoms with Gasteiger partial charge in [-0.1, -0.05) is 10.8 Å². The van der Waals surface area contributed by atoms with Gasteiger partial charge in [-0.15, -0.1) is 11.5 Å². The molecule has 124 valence electrons. The summed E-state index contributed by atoms with van der Waals surface area (Å²) < 4.78 is 0. The molecule has 0 aliphatic carbocycles. The molecule has 7 nitrogen and oxygen atoms in total. The third-order valence-electron chi connectivity index (χ3n) is 3.97. The van der Waals surface area contributed by atoms with Crippen LogP contribution in [0.25, 0.3) is 11.3 Å². The summed E-state index contributed by atoms with van der Waals surface area (Å²) in [6.07, 6.45) is 7.31. The van der Waals surface area contributed by atoms with Crippen LogP contribution in [0.4, 0.5) is 0 Å². The largest absolute Gasteiger partial charge is 0.507 e. The van der Waals surface area contributed by atoms with Crippen molar-refractivity contribution >= 4 is 0 Å². The van der Waals surface area contributed by atoms with E-state index in [2.05, 4.69) is 26.3 Å². The van der Waals surface area contributed by atoms with Crippen LogP contribution in [0.1, 0.15) is 24.1 Å². The van der Waals surface area contributed by atoms with Gasteiger partial charge in [-0.3, -0.25) is 0 Å². The summed E-state index contributed by atoms with van der Waals surface area (Å²) in [5.41, 5.74) is 2.11. The van der Waals surface area contributed by atoms with Gasteiger partial charge >= 0.3 is 0 Å². The zero-order valence-electron chi connectivity index (χ0n) is 13.4. The van der Waals surface area contributed by atoms with Crippen molar-refractivity contribution in [1.82, 2.24) is 20.2 Å². The van der Waals surface area contributed by atoms with Crippen LogP contribution in [0.2, 0.25) is 0 Å². The maximum absolute atomic E-state index is 10.1. The van der Waals surface area contributed by atoms with Crippen LogP contribution in [0.15, 0.2) is 23.2 Å². The number of piperidine rings is 1. The molecule has 1 fully saturated rings. The van der Waals surface area contributed by atoms with Gasteiger partial charge in [0.2, 0.25) is 0 Å². The Labute approximate surface area is 139 Å². The number of aryl methyl sites for hydroxylation is 1. The lowest BCUT2D eigenvalue weighted by Crippen LogP contribution is -2.36. The molecule has 3 rings (SSSR count). The highest BCUT2D eigenvalue weighted by molar-refractivity contribution is 5.69. The molecule has 3 N–H and O–H groups in total. The molecule has 0 radical (unpaired) electrons. The number of nitrogens with one attached hydrogen (secondary N) is 1. The summed E-state index contributed by atoms with van der Waals surface area (Å²) in [4.78, 5) is 9.44. The molecule has 0 amide bonds. The summed E-state index contributed by atoms with van der Waals surface area (Å²) in [7, 11) is 0. The Morgan fingerprint density at radius 2 is 2.29 bits per heavy atom. The van der Waals surface area contributed by atoms with E-state index >= 15 is 0 Å². The first-order valence-electron chi connectivity index (χ1n) is 7.80. The highest BCUT2D eigenvalue weighted by Gasteiger charge is 2.15. The van der Waals surface area contributed by atoms with Gasteiger partial charge in [0.25, 0.3) is 5.62 Å². The van der Waals surface area contributed by atoms with E-state index in [4.69, 9.17) is 6.42 Å². The Bertz CT molecular complexity index is 860. The van der Waals surface area contributed by atoms with Crippen molar-refractivity contribution in [3.05, 3.63) is 35.1 Å². The van der Waals surface area contributed by atoms with E-state index in [0.717, 1.165) is 25.9 Å². The molecule has 0 unspecified atom stereocenters. The van der Waals surface area contributed by atoms with E-state index in [0.29, 0.717) is 27.4 Å². The number of phenols is 1. The summed E-state index contributed by atoms with van der Waals surface area (Å²) in [5.74, 6) is 2.45.